The molecule has 8 nitrogen and oxygen atoms in total. The van der Waals surface area contributed by atoms with Gasteiger partial charge < -0.3 is 20.1 Å². The van der Waals surface area contributed by atoms with Crippen molar-refractivity contribution in [2.24, 2.45) is 11.3 Å². The molecule has 164 valence electrons. The maximum Gasteiger partial charge on any atom is 0.241 e. The van der Waals surface area contributed by atoms with Crippen LogP contribution in [0.4, 0.5) is 0 Å². The SMILES string of the molecule is C#Cc1ccc(CNC=O)cc1.CC1(C(NN)C(=O)N2CCC(O)C2)CCOCC1. The third kappa shape index (κ3) is 6.54. The molecule has 2 aliphatic rings. The molecule has 1 aromatic rings. The summed E-state index contributed by atoms with van der Waals surface area (Å²) in [6.45, 7) is 5.00. The van der Waals surface area contributed by atoms with Gasteiger partial charge in [-0.3, -0.25) is 15.4 Å². The molecule has 30 heavy (non-hydrogen) atoms. The van der Waals surface area contributed by atoms with Crippen LogP contribution in [-0.4, -0.2) is 60.8 Å². The number of nitrogens with zero attached hydrogens (tertiary/aromatic N) is 1. The number of nitrogens with one attached hydrogen (secondary N) is 2. The van der Waals surface area contributed by atoms with Crippen LogP contribution in [0.25, 0.3) is 0 Å². The highest BCUT2D eigenvalue weighted by Gasteiger charge is 2.42. The third-order valence-electron chi connectivity index (χ3n) is 5.73. The van der Waals surface area contributed by atoms with Gasteiger partial charge in [-0.15, -0.1) is 6.42 Å². The number of rotatable bonds is 6. The Morgan fingerprint density at radius 3 is 2.60 bits per heavy atom. The lowest BCUT2D eigenvalue weighted by Crippen LogP contribution is -2.58. The smallest absolute Gasteiger partial charge is 0.241 e. The van der Waals surface area contributed by atoms with Gasteiger partial charge in [0.1, 0.15) is 6.04 Å². The van der Waals surface area contributed by atoms with E-state index in [1.165, 1.54) is 0 Å². The molecule has 2 heterocycles. The van der Waals surface area contributed by atoms with Crippen molar-refractivity contribution in [3.63, 3.8) is 0 Å². The van der Waals surface area contributed by atoms with Gasteiger partial charge in [-0.1, -0.05) is 25.0 Å². The zero-order valence-corrected chi connectivity index (χ0v) is 17.5. The number of carbonyl (C=O) groups is 2. The molecule has 0 bridgehead atoms. The Morgan fingerprint density at radius 1 is 1.43 bits per heavy atom. The van der Waals surface area contributed by atoms with Crippen molar-refractivity contribution in [3.05, 3.63) is 35.4 Å². The molecule has 2 unspecified atom stereocenters. The minimum atomic E-state index is -0.397. The van der Waals surface area contributed by atoms with Crippen LogP contribution < -0.4 is 16.6 Å². The summed E-state index contributed by atoms with van der Waals surface area (Å²) in [6, 6.07) is 7.09. The number of aliphatic hydroxyl groups excluding tert-OH is 1. The second kappa shape index (κ2) is 11.7. The molecule has 2 atom stereocenters. The van der Waals surface area contributed by atoms with Gasteiger partial charge in [0.25, 0.3) is 0 Å². The number of ether oxygens (including phenoxy) is 1. The second-order valence-electron chi connectivity index (χ2n) is 7.93. The Kier molecular flexibility index (Phi) is 9.27. The molecule has 0 aromatic heterocycles. The van der Waals surface area contributed by atoms with Crippen molar-refractivity contribution < 1.29 is 19.4 Å². The van der Waals surface area contributed by atoms with Crippen LogP contribution in [0.3, 0.4) is 0 Å². The Bertz CT molecular complexity index is 726. The van der Waals surface area contributed by atoms with E-state index in [9.17, 15) is 14.7 Å². The summed E-state index contributed by atoms with van der Waals surface area (Å²) >= 11 is 0. The van der Waals surface area contributed by atoms with Gasteiger partial charge in [-0.25, -0.2) is 5.43 Å². The first kappa shape index (κ1) is 23.8. The Morgan fingerprint density at radius 2 is 2.10 bits per heavy atom. The minimum Gasteiger partial charge on any atom is -0.391 e. The summed E-state index contributed by atoms with van der Waals surface area (Å²) in [5.74, 6) is 8.11. The largest absolute Gasteiger partial charge is 0.391 e. The first-order valence-corrected chi connectivity index (χ1v) is 10.2. The van der Waals surface area contributed by atoms with Gasteiger partial charge in [0.2, 0.25) is 12.3 Å². The fourth-order valence-corrected chi connectivity index (χ4v) is 3.70. The maximum absolute atomic E-state index is 12.5. The second-order valence-corrected chi connectivity index (χ2v) is 7.93. The van der Waals surface area contributed by atoms with Crippen LogP contribution in [0, 0.1) is 17.8 Å². The average Bonchev–Trinajstić information content (AvgIpc) is 3.20. The van der Waals surface area contributed by atoms with E-state index in [0.717, 1.165) is 24.0 Å². The number of terminal acetylenes is 1. The lowest BCUT2D eigenvalue weighted by atomic mass is 9.75. The zero-order chi connectivity index (χ0) is 22.0. The van der Waals surface area contributed by atoms with Gasteiger partial charge in [0.05, 0.1) is 6.10 Å². The molecule has 0 saturated carbocycles. The molecule has 2 fully saturated rings. The molecule has 0 spiro atoms. The summed E-state index contributed by atoms with van der Waals surface area (Å²) in [7, 11) is 0. The normalized spacial score (nSPS) is 21.0. The summed E-state index contributed by atoms with van der Waals surface area (Å²) in [5, 5.41) is 12.1. The van der Waals surface area contributed by atoms with Crippen molar-refractivity contribution in [2.75, 3.05) is 26.3 Å². The van der Waals surface area contributed by atoms with Crippen molar-refractivity contribution in [1.82, 2.24) is 15.6 Å². The molecular formula is C22H32N4O4. The van der Waals surface area contributed by atoms with Crippen molar-refractivity contribution >= 4 is 12.3 Å². The number of hydrogen-bond acceptors (Lipinski definition) is 6. The highest BCUT2D eigenvalue weighted by atomic mass is 16.5. The zero-order valence-electron chi connectivity index (χ0n) is 17.5. The van der Waals surface area contributed by atoms with Gasteiger partial charge in [0, 0.05) is 38.4 Å². The minimum absolute atomic E-state index is 0.00144. The van der Waals surface area contributed by atoms with E-state index < -0.39 is 12.1 Å². The van der Waals surface area contributed by atoms with Gasteiger partial charge >= 0.3 is 0 Å². The molecule has 2 amide bonds. The van der Waals surface area contributed by atoms with E-state index in [1.807, 2.05) is 24.3 Å². The predicted octanol–water partition coefficient (Wildman–Crippen LogP) is 0.142. The number of nitrogens with two attached hydrogens (primary N) is 1. The third-order valence-corrected chi connectivity index (χ3v) is 5.73. The maximum atomic E-state index is 12.5. The van der Waals surface area contributed by atoms with Crippen LogP contribution in [0.5, 0.6) is 0 Å². The van der Waals surface area contributed by atoms with Crippen LogP contribution in [0.15, 0.2) is 24.3 Å². The van der Waals surface area contributed by atoms with Crippen molar-refractivity contribution in [2.45, 2.75) is 44.9 Å². The average molecular weight is 417 g/mol. The lowest BCUT2D eigenvalue weighted by Gasteiger charge is -2.40. The van der Waals surface area contributed by atoms with Gasteiger partial charge in [-0.2, -0.15) is 0 Å². The first-order valence-electron chi connectivity index (χ1n) is 10.2. The van der Waals surface area contributed by atoms with Crippen molar-refractivity contribution in [1.29, 1.82) is 0 Å². The summed E-state index contributed by atoms with van der Waals surface area (Å²) in [5.41, 5.74) is 4.40. The Balaban J connectivity index is 0.000000232. The molecule has 2 saturated heterocycles. The molecular weight excluding hydrogens is 384 g/mol. The number of likely N-dealkylation sites (tertiary alicyclic amines) is 1. The predicted molar refractivity (Wildman–Crippen MR) is 114 cm³/mol. The number of benzene rings is 1. The fraction of sp³-hybridized carbons (Fsp3) is 0.545. The van der Waals surface area contributed by atoms with Crippen LogP contribution in [0.2, 0.25) is 0 Å². The van der Waals surface area contributed by atoms with Crippen LogP contribution in [0.1, 0.15) is 37.3 Å². The number of amides is 2. The molecule has 1 aromatic carbocycles. The summed E-state index contributed by atoms with van der Waals surface area (Å²) in [6.07, 6.45) is 7.76. The number of aliphatic hydroxyl groups is 1. The molecule has 8 heteroatoms. The summed E-state index contributed by atoms with van der Waals surface area (Å²) < 4.78 is 5.35. The molecule has 2 aliphatic heterocycles. The van der Waals surface area contributed by atoms with E-state index in [4.69, 9.17) is 17.0 Å². The lowest BCUT2D eigenvalue weighted by molar-refractivity contribution is -0.138. The number of hydrogen-bond donors (Lipinski definition) is 4. The molecule has 0 aliphatic carbocycles. The Hall–Kier alpha value is -2.44. The van der Waals surface area contributed by atoms with Gasteiger partial charge in [0.15, 0.2) is 0 Å². The summed E-state index contributed by atoms with van der Waals surface area (Å²) in [4.78, 5) is 24.1. The quantitative estimate of drug-likeness (QED) is 0.227. The van der Waals surface area contributed by atoms with Crippen LogP contribution in [-0.2, 0) is 20.9 Å². The van der Waals surface area contributed by atoms with E-state index >= 15 is 0 Å². The van der Waals surface area contributed by atoms with Crippen molar-refractivity contribution in [3.8, 4) is 12.3 Å². The first-order chi connectivity index (χ1) is 14.4. The standard InChI is InChI=1S/C12H23N3O3.C10H9NO/c1-12(3-6-18-7-4-12)10(14-13)11(17)15-5-2-9(16)8-15;1-2-9-3-5-10(6-4-9)7-11-8-12/h9-10,14,16H,2-8,13H2,1H3;1,3-6,8H,7H2,(H,11,12). The monoisotopic (exact) mass is 416 g/mol. The van der Waals surface area contributed by atoms with E-state index in [2.05, 4.69) is 23.6 Å². The topological polar surface area (TPSA) is 117 Å². The van der Waals surface area contributed by atoms with E-state index in [0.29, 0.717) is 45.7 Å². The van der Waals surface area contributed by atoms with E-state index in [1.54, 1.807) is 4.90 Å². The molecule has 0 radical (unpaired) electrons. The molecule has 5 N–H and O–H groups in total. The van der Waals surface area contributed by atoms with E-state index in [-0.39, 0.29) is 11.3 Å². The highest BCUT2D eigenvalue weighted by molar-refractivity contribution is 5.83. The Labute approximate surface area is 178 Å². The fourth-order valence-electron chi connectivity index (χ4n) is 3.70. The van der Waals surface area contributed by atoms with Crippen LogP contribution >= 0.6 is 0 Å². The number of hydrazine groups is 1. The van der Waals surface area contributed by atoms with Gasteiger partial charge in [-0.05, 0) is 42.4 Å². The molecule has 3 rings (SSSR count). The number of β-amino-alcohol motifs (C(OH)–C–C–N with tert-alkyl or cyclic N) is 1. The number of carbonyl (C=O) groups excluding carboxylic acids is 2. The highest BCUT2D eigenvalue weighted by Crippen LogP contribution is 2.34.